The lowest BCUT2D eigenvalue weighted by Gasteiger charge is -2.16. The van der Waals surface area contributed by atoms with Crippen molar-refractivity contribution in [3.63, 3.8) is 0 Å². The van der Waals surface area contributed by atoms with Gasteiger partial charge in [-0.1, -0.05) is 58.0 Å². The minimum absolute atomic E-state index is 0.117. The minimum atomic E-state index is -0.237. The largest absolute Gasteiger partial charge is 0.276 e. The Bertz CT molecular complexity index is 617. The SMILES string of the molecule is CC(C)c1cc(-c2ccccc2)cc(C(C)C)c1[N+](=O)[O-]. The van der Waals surface area contributed by atoms with Crippen LogP contribution in [0.2, 0.25) is 0 Å². The van der Waals surface area contributed by atoms with E-state index in [2.05, 4.69) is 0 Å². The molecule has 0 atom stereocenters. The van der Waals surface area contributed by atoms with Crippen LogP contribution in [-0.2, 0) is 0 Å². The van der Waals surface area contributed by atoms with Gasteiger partial charge in [0, 0.05) is 11.1 Å². The highest BCUT2D eigenvalue weighted by molar-refractivity contribution is 5.69. The lowest BCUT2D eigenvalue weighted by Crippen LogP contribution is -2.04. The number of hydrogen-bond acceptors (Lipinski definition) is 2. The molecule has 0 aliphatic heterocycles. The summed E-state index contributed by atoms with van der Waals surface area (Å²) in [6.07, 6.45) is 0. The van der Waals surface area contributed by atoms with Crippen LogP contribution in [0.1, 0.15) is 50.7 Å². The summed E-state index contributed by atoms with van der Waals surface area (Å²) < 4.78 is 0. The highest BCUT2D eigenvalue weighted by atomic mass is 16.6. The molecule has 0 aliphatic carbocycles. The van der Waals surface area contributed by atoms with Crippen molar-refractivity contribution in [2.75, 3.05) is 0 Å². The number of hydrogen-bond donors (Lipinski definition) is 0. The van der Waals surface area contributed by atoms with E-state index in [1.54, 1.807) is 0 Å². The highest BCUT2D eigenvalue weighted by Gasteiger charge is 2.24. The topological polar surface area (TPSA) is 43.1 Å². The number of nitro benzene ring substituents is 1. The van der Waals surface area contributed by atoms with Crippen molar-refractivity contribution in [1.29, 1.82) is 0 Å². The average Bonchev–Trinajstić information content (AvgIpc) is 2.46. The van der Waals surface area contributed by atoms with Crippen LogP contribution in [-0.4, -0.2) is 4.92 Å². The van der Waals surface area contributed by atoms with Crippen LogP contribution in [0.5, 0.6) is 0 Å². The Morgan fingerprint density at radius 3 is 1.71 bits per heavy atom. The van der Waals surface area contributed by atoms with Gasteiger partial charge >= 0.3 is 0 Å². The molecular weight excluding hydrogens is 262 g/mol. The van der Waals surface area contributed by atoms with Gasteiger partial charge < -0.3 is 0 Å². The van der Waals surface area contributed by atoms with E-state index in [9.17, 15) is 10.1 Å². The molecule has 0 bridgehead atoms. The maximum Gasteiger partial charge on any atom is 0.276 e. The van der Waals surface area contributed by atoms with Gasteiger partial charge in [-0.3, -0.25) is 10.1 Å². The summed E-state index contributed by atoms with van der Waals surface area (Å²) in [7, 11) is 0. The van der Waals surface area contributed by atoms with Gasteiger partial charge in [0.1, 0.15) is 0 Å². The van der Waals surface area contributed by atoms with E-state index < -0.39 is 0 Å². The summed E-state index contributed by atoms with van der Waals surface area (Å²) in [6.45, 7) is 8.00. The van der Waals surface area contributed by atoms with Crippen LogP contribution in [0.15, 0.2) is 42.5 Å². The molecule has 0 N–H and O–H groups in total. The van der Waals surface area contributed by atoms with Crippen LogP contribution in [0, 0.1) is 10.1 Å². The van der Waals surface area contributed by atoms with Crippen LogP contribution in [0.3, 0.4) is 0 Å². The van der Waals surface area contributed by atoms with Crippen LogP contribution < -0.4 is 0 Å². The van der Waals surface area contributed by atoms with Gasteiger partial charge in [0.15, 0.2) is 0 Å². The summed E-state index contributed by atoms with van der Waals surface area (Å²) in [5, 5.41) is 11.5. The summed E-state index contributed by atoms with van der Waals surface area (Å²) >= 11 is 0. The maximum atomic E-state index is 11.5. The smallest absolute Gasteiger partial charge is 0.258 e. The minimum Gasteiger partial charge on any atom is -0.258 e. The van der Waals surface area contributed by atoms with Gasteiger partial charge in [-0.15, -0.1) is 0 Å². The molecule has 0 unspecified atom stereocenters. The lowest BCUT2D eigenvalue weighted by molar-refractivity contribution is -0.386. The Labute approximate surface area is 125 Å². The first-order chi connectivity index (χ1) is 9.91. The van der Waals surface area contributed by atoms with Gasteiger partial charge in [-0.05, 0) is 35.1 Å². The number of nitrogens with zero attached hydrogens (tertiary/aromatic N) is 1. The number of rotatable bonds is 4. The van der Waals surface area contributed by atoms with Crippen molar-refractivity contribution in [2.45, 2.75) is 39.5 Å². The van der Waals surface area contributed by atoms with E-state index >= 15 is 0 Å². The van der Waals surface area contributed by atoms with E-state index in [-0.39, 0.29) is 22.4 Å². The molecule has 3 nitrogen and oxygen atoms in total. The monoisotopic (exact) mass is 283 g/mol. The molecule has 0 spiro atoms. The fourth-order valence-electron chi connectivity index (χ4n) is 2.57. The van der Waals surface area contributed by atoms with Gasteiger partial charge in [0.2, 0.25) is 0 Å². The molecule has 0 aromatic heterocycles. The van der Waals surface area contributed by atoms with Crippen molar-refractivity contribution in [2.24, 2.45) is 0 Å². The van der Waals surface area contributed by atoms with Crippen LogP contribution in [0.4, 0.5) is 5.69 Å². The predicted octanol–water partition coefficient (Wildman–Crippen LogP) is 5.51. The van der Waals surface area contributed by atoms with Crippen molar-refractivity contribution in [3.8, 4) is 11.1 Å². The van der Waals surface area contributed by atoms with Crippen molar-refractivity contribution in [1.82, 2.24) is 0 Å². The second-order valence-electron chi connectivity index (χ2n) is 5.94. The summed E-state index contributed by atoms with van der Waals surface area (Å²) in [5.74, 6) is 0.234. The Kier molecular flexibility index (Phi) is 4.41. The molecule has 0 saturated carbocycles. The van der Waals surface area contributed by atoms with Crippen molar-refractivity contribution in [3.05, 3.63) is 63.7 Å². The van der Waals surface area contributed by atoms with E-state index in [1.165, 1.54) is 0 Å². The zero-order chi connectivity index (χ0) is 15.6. The molecule has 2 aromatic rings. The molecule has 3 heteroatoms. The summed E-state index contributed by atoms with van der Waals surface area (Å²) in [5.41, 5.74) is 4.04. The Morgan fingerprint density at radius 1 is 0.857 bits per heavy atom. The molecule has 0 radical (unpaired) electrons. The van der Waals surface area contributed by atoms with Crippen molar-refractivity contribution < 1.29 is 4.92 Å². The molecule has 0 saturated heterocycles. The van der Waals surface area contributed by atoms with Gasteiger partial charge in [0.05, 0.1) is 4.92 Å². The van der Waals surface area contributed by atoms with E-state index in [1.807, 2.05) is 70.2 Å². The third-order valence-electron chi connectivity index (χ3n) is 3.70. The average molecular weight is 283 g/mol. The third kappa shape index (κ3) is 3.13. The van der Waals surface area contributed by atoms with E-state index in [4.69, 9.17) is 0 Å². The first-order valence-electron chi connectivity index (χ1n) is 7.29. The van der Waals surface area contributed by atoms with Crippen LogP contribution >= 0.6 is 0 Å². The molecular formula is C18H21NO2. The van der Waals surface area contributed by atoms with Crippen molar-refractivity contribution >= 4 is 5.69 Å². The van der Waals surface area contributed by atoms with Gasteiger partial charge in [0.25, 0.3) is 5.69 Å². The molecule has 0 heterocycles. The number of benzene rings is 2. The first kappa shape index (κ1) is 15.2. The molecule has 2 rings (SSSR count). The fraction of sp³-hybridized carbons (Fsp3) is 0.333. The van der Waals surface area contributed by atoms with Crippen LogP contribution in [0.25, 0.3) is 11.1 Å². The number of nitro groups is 1. The third-order valence-corrected chi connectivity index (χ3v) is 3.70. The first-order valence-corrected chi connectivity index (χ1v) is 7.29. The quantitative estimate of drug-likeness (QED) is 0.548. The Balaban J connectivity index is 2.74. The summed E-state index contributed by atoms with van der Waals surface area (Å²) in [4.78, 5) is 11.3. The maximum absolute atomic E-state index is 11.5. The molecule has 0 aliphatic rings. The predicted molar refractivity (Wildman–Crippen MR) is 86.7 cm³/mol. The molecule has 110 valence electrons. The molecule has 21 heavy (non-hydrogen) atoms. The standard InChI is InChI=1S/C18H21NO2/c1-12(2)16-10-15(14-8-6-5-7-9-14)11-17(13(3)4)18(16)19(20)21/h5-13H,1-4H3. The van der Waals surface area contributed by atoms with Gasteiger partial charge in [-0.25, -0.2) is 0 Å². The fourth-order valence-corrected chi connectivity index (χ4v) is 2.57. The van der Waals surface area contributed by atoms with E-state index in [0.29, 0.717) is 0 Å². The molecule has 0 amide bonds. The highest BCUT2D eigenvalue weighted by Crippen LogP contribution is 2.38. The zero-order valence-corrected chi connectivity index (χ0v) is 13.0. The second-order valence-corrected chi connectivity index (χ2v) is 5.94. The molecule has 0 fully saturated rings. The Hall–Kier alpha value is -2.16. The van der Waals surface area contributed by atoms with Gasteiger partial charge in [-0.2, -0.15) is 0 Å². The Morgan fingerprint density at radius 2 is 1.33 bits per heavy atom. The van der Waals surface area contributed by atoms with E-state index in [0.717, 1.165) is 22.3 Å². The second kappa shape index (κ2) is 6.08. The molecule has 2 aromatic carbocycles. The lowest BCUT2D eigenvalue weighted by atomic mass is 9.88. The normalized spacial score (nSPS) is 11.1. The summed E-state index contributed by atoms with van der Waals surface area (Å²) in [6, 6.07) is 13.9. The zero-order valence-electron chi connectivity index (χ0n) is 13.0.